The van der Waals surface area contributed by atoms with E-state index in [0.29, 0.717) is 18.3 Å². The van der Waals surface area contributed by atoms with Gasteiger partial charge >= 0.3 is 5.69 Å². The van der Waals surface area contributed by atoms with E-state index in [0.717, 1.165) is 34.0 Å². The van der Waals surface area contributed by atoms with E-state index >= 15 is 0 Å². The first-order valence-electron chi connectivity index (χ1n) is 9.74. The second-order valence-electron chi connectivity index (χ2n) is 7.50. The molecule has 7 heteroatoms. The molecule has 0 unspecified atom stereocenters. The molecular formula is C22H24N6O. The summed E-state index contributed by atoms with van der Waals surface area (Å²) in [5.74, 6) is 1.00. The van der Waals surface area contributed by atoms with Crippen LogP contribution in [0, 0.1) is 5.92 Å². The standard InChI is InChI=1S/C22H24N6O/c1-15(2)7-11-26-21(23)14-27-20-13-24-10-8-19(20)28(22(27)29)17-5-6-18-16(12-17)4-3-9-25-18/h3-6,8-10,12-13,15H,7,11,14H2,1-2H3,(H2,23,26). The number of hydrogen-bond acceptors (Lipinski definition) is 4. The van der Waals surface area contributed by atoms with Crippen LogP contribution in [0.25, 0.3) is 27.6 Å². The van der Waals surface area contributed by atoms with Gasteiger partial charge < -0.3 is 5.73 Å². The van der Waals surface area contributed by atoms with Gasteiger partial charge in [0.25, 0.3) is 0 Å². The normalized spacial score (nSPS) is 12.3. The summed E-state index contributed by atoms with van der Waals surface area (Å²) >= 11 is 0. The lowest BCUT2D eigenvalue weighted by atomic mass is 10.1. The molecule has 4 aromatic rings. The number of fused-ring (bicyclic) bond motifs is 2. The first-order chi connectivity index (χ1) is 14.0. The molecule has 4 rings (SSSR count). The monoisotopic (exact) mass is 388 g/mol. The van der Waals surface area contributed by atoms with E-state index in [9.17, 15) is 4.79 Å². The molecule has 29 heavy (non-hydrogen) atoms. The van der Waals surface area contributed by atoms with Crippen molar-refractivity contribution < 1.29 is 0 Å². The van der Waals surface area contributed by atoms with E-state index in [1.807, 2.05) is 36.4 Å². The predicted octanol–water partition coefficient (Wildman–Crippen LogP) is 3.14. The maximum Gasteiger partial charge on any atom is 0.334 e. The van der Waals surface area contributed by atoms with Gasteiger partial charge in [-0.3, -0.25) is 24.1 Å². The van der Waals surface area contributed by atoms with Crippen LogP contribution in [-0.4, -0.2) is 31.5 Å². The van der Waals surface area contributed by atoms with Crippen molar-refractivity contribution in [3.63, 3.8) is 0 Å². The Balaban J connectivity index is 1.79. The zero-order valence-electron chi connectivity index (χ0n) is 16.6. The van der Waals surface area contributed by atoms with Crippen LogP contribution in [0.4, 0.5) is 0 Å². The van der Waals surface area contributed by atoms with Gasteiger partial charge in [-0.2, -0.15) is 0 Å². The fourth-order valence-electron chi connectivity index (χ4n) is 3.39. The fraction of sp³-hybridized carbons (Fsp3) is 0.273. The van der Waals surface area contributed by atoms with Crippen LogP contribution in [-0.2, 0) is 6.54 Å². The number of benzene rings is 1. The van der Waals surface area contributed by atoms with Crippen molar-refractivity contribution in [1.82, 2.24) is 19.1 Å². The van der Waals surface area contributed by atoms with Gasteiger partial charge in [0, 0.05) is 24.3 Å². The number of aliphatic imine (C=N–C) groups is 1. The SMILES string of the molecule is CC(C)CCN=C(N)Cn1c(=O)n(-c2ccc3ncccc3c2)c2ccncc21. The molecule has 2 N–H and O–H groups in total. The van der Waals surface area contributed by atoms with Crippen molar-refractivity contribution in [2.75, 3.05) is 6.54 Å². The summed E-state index contributed by atoms with van der Waals surface area (Å²) in [5, 5.41) is 0.974. The maximum absolute atomic E-state index is 13.3. The molecule has 0 saturated heterocycles. The van der Waals surface area contributed by atoms with E-state index in [1.165, 1.54) is 0 Å². The molecule has 7 nitrogen and oxygen atoms in total. The van der Waals surface area contributed by atoms with Crippen LogP contribution < -0.4 is 11.4 Å². The molecule has 0 amide bonds. The summed E-state index contributed by atoms with van der Waals surface area (Å²) in [6.07, 6.45) is 6.10. The van der Waals surface area contributed by atoms with Crippen LogP contribution in [0.5, 0.6) is 0 Å². The molecule has 0 aliphatic heterocycles. The molecule has 1 aromatic carbocycles. The molecule has 0 fully saturated rings. The quantitative estimate of drug-likeness (QED) is 0.406. The molecule has 0 aliphatic carbocycles. The second-order valence-corrected chi connectivity index (χ2v) is 7.50. The van der Waals surface area contributed by atoms with Crippen molar-refractivity contribution in [3.8, 4) is 5.69 Å². The molecule has 3 aromatic heterocycles. The Morgan fingerprint density at radius 2 is 2.03 bits per heavy atom. The number of amidine groups is 1. The smallest absolute Gasteiger partial charge is 0.334 e. The number of aromatic nitrogens is 4. The van der Waals surface area contributed by atoms with Crippen LogP contribution >= 0.6 is 0 Å². The van der Waals surface area contributed by atoms with E-state index in [-0.39, 0.29) is 12.2 Å². The average Bonchev–Trinajstić information content (AvgIpc) is 2.99. The number of nitrogens with two attached hydrogens (primary N) is 1. The van der Waals surface area contributed by atoms with E-state index in [1.54, 1.807) is 27.7 Å². The maximum atomic E-state index is 13.3. The molecule has 0 bridgehead atoms. The minimum atomic E-state index is -0.168. The van der Waals surface area contributed by atoms with Crippen LogP contribution in [0.2, 0.25) is 0 Å². The highest BCUT2D eigenvalue weighted by atomic mass is 16.1. The summed E-state index contributed by atoms with van der Waals surface area (Å²) in [7, 11) is 0. The summed E-state index contributed by atoms with van der Waals surface area (Å²) < 4.78 is 3.31. The third kappa shape index (κ3) is 3.76. The van der Waals surface area contributed by atoms with Crippen LogP contribution in [0.15, 0.2) is 64.8 Å². The molecule has 0 aliphatic rings. The molecular weight excluding hydrogens is 364 g/mol. The van der Waals surface area contributed by atoms with Gasteiger partial charge in [0.15, 0.2) is 0 Å². The lowest BCUT2D eigenvalue weighted by molar-refractivity contribution is 0.595. The third-order valence-electron chi connectivity index (χ3n) is 4.92. The molecule has 148 valence electrons. The fourth-order valence-corrected chi connectivity index (χ4v) is 3.39. The Labute approximate surface area is 168 Å². The number of imidazole rings is 1. The zero-order chi connectivity index (χ0) is 20.4. The Bertz CT molecular complexity index is 1250. The summed E-state index contributed by atoms with van der Waals surface area (Å²) in [4.78, 5) is 26.3. The third-order valence-corrected chi connectivity index (χ3v) is 4.92. The first kappa shape index (κ1) is 18.9. The Kier molecular flexibility index (Phi) is 5.12. The average molecular weight is 388 g/mol. The van der Waals surface area contributed by atoms with E-state index in [4.69, 9.17) is 5.73 Å². The van der Waals surface area contributed by atoms with Crippen molar-refractivity contribution in [2.24, 2.45) is 16.6 Å². The molecule has 0 radical (unpaired) electrons. The number of hydrogen-bond donors (Lipinski definition) is 1. The Morgan fingerprint density at radius 1 is 1.17 bits per heavy atom. The largest absolute Gasteiger partial charge is 0.386 e. The summed E-state index contributed by atoms with van der Waals surface area (Å²) in [6.45, 7) is 5.19. The van der Waals surface area contributed by atoms with Crippen LogP contribution in [0.1, 0.15) is 20.3 Å². The number of pyridine rings is 2. The first-order valence-corrected chi connectivity index (χ1v) is 9.74. The van der Waals surface area contributed by atoms with Gasteiger partial charge in [0.2, 0.25) is 0 Å². The van der Waals surface area contributed by atoms with Gasteiger partial charge in [-0.1, -0.05) is 19.9 Å². The highest BCUT2D eigenvalue weighted by molar-refractivity contribution is 5.85. The minimum Gasteiger partial charge on any atom is -0.386 e. The number of rotatable bonds is 6. The topological polar surface area (TPSA) is 91.1 Å². The number of nitrogens with zero attached hydrogens (tertiary/aromatic N) is 5. The van der Waals surface area contributed by atoms with E-state index in [2.05, 4.69) is 28.8 Å². The second kappa shape index (κ2) is 7.87. The van der Waals surface area contributed by atoms with Gasteiger partial charge in [-0.15, -0.1) is 0 Å². The lowest BCUT2D eigenvalue weighted by Gasteiger charge is -2.05. The minimum absolute atomic E-state index is 0.168. The predicted molar refractivity (Wildman–Crippen MR) is 117 cm³/mol. The molecule has 0 atom stereocenters. The highest BCUT2D eigenvalue weighted by Gasteiger charge is 2.16. The van der Waals surface area contributed by atoms with Crippen molar-refractivity contribution in [2.45, 2.75) is 26.8 Å². The van der Waals surface area contributed by atoms with Crippen molar-refractivity contribution in [1.29, 1.82) is 0 Å². The van der Waals surface area contributed by atoms with Gasteiger partial charge in [-0.05, 0) is 42.7 Å². The zero-order valence-corrected chi connectivity index (χ0v) is 16.6. The highest BCUT2D eigenvalue weighted by Crippen LogP contribution is 2.20. The van der Waals surface area contributed by atoms with Crippen molar-refractivity contribution >= 4 is 27.8 Å². The van der Waals surface area contributed by atoms with E-state index < -0.39 is 0 Å². The van der Waals surface area contributed by atoms with Gasteiger partial charge in [0.05, 0.1) is 35.0 Å². The van der Waals surface area contributed by atoms with Gasteiger partial charge in [0.1, 0.15) is 5.84 Å². The molecule has 0 spiro atoms. The Hall–Kier alpha value is -3.48. The molecule has 3 heterocycles. The summed E-state index contributed by atoms with van der Waals surface area (Å²) in [6, 6.07) is 11.5. The lowest BCUT2D eigenvalue weighted by Crippen LogP contribution is -2.29. The van der Waals surface area contributed by atoms with Crippen LogP contribution in [0.3, 0.4) is 0 Å². The van der Waals surface area contributed by atoms with Crippen molar-refractivity contribution in [3.05, 3.63) is 65.5 Å². The van der Waals surface area contributed by atoms with Gasteiger partial charge in [-0.25, -0.2) is 4.79 Å². The summed E-state index contributed by atoms with van der Waals surface area (Å²) in [5.41, 5.74) is 9.13. The molecule has 0 saturated carbocycles. The Morgan fingerprint density at radius 3 is 2.86 bits per heavy atom.